The summed E-state index contributed by atoms with van der Waals surface area (Å²) in [5.74, 6) is -0.809. The normalized spacial score (nSPS) is 18.5. The van der Waals surface area contributed by atoms with E-state index < -0.39 is 5.97 Å². The number of carbonyl (C=O) groups is 1. The van der Waals surface area contributed by atoms with E-state index in [1.807, 2.05) is 12.1 Å². The molecular formula is C14H15N3O2S. The van der Waals surface area contributed by atoms with Crippen molar-refractivity contribution >= 4 is 28.9 Å². The summed E-state index contributed by atoms with van der Waals surface area (Å²) in [7, 11) is 0. The van der Waals surface area contributed by atoms with Gasteiger partial charge in [-0.2, -0.15) is 0 Å². The Morgan fingerprint density at radius 2 is 2.40 bits per heavy atom. The topological polar surface area (TPSA) is 68.0 Å². The molecule has 0 amide bonds. The van der Waals surface area contributed by atoms with Crippen LogP contribution in [-0.4, -0.2) is 31.4 Å². The number of fused-ring (bicyclic) bond motifs is 1. The Morgan fingerprint density at radius 3 is 3.15 bits per heavy atom. The minimum absolute atomic E-state index is 0.0197. The Kier molecular flexibility index (Phi) is 3.73. The third kappa shape index (κ3) is 2.56. The Labute approximate surface area is 120 Å². The highest BCUT2D eigenvalue weighted by Gasteiger charge is 2.21. The number of thioether (sulfide) groups is 1. The molecule has 0 aliphatic heterocycles. The molecule has 2 aromatic heterocycles. The highest BCUT2D eigenvalue weighted by atomic mass is 32.2. The second-order valence-corrected chi connectivity index (χ2v) is 5.67. The van der Waals surface area contributed by atoms with Crippen molar-refractivity contribution in [2.75, 3.05) is 5.75 Å². The minimum atomic E-state index is -0.829. The van der Waals surface area contributed by atoms with Crippen molar-refractivity contribution in [1.82, 2.24) is 14.5 Å². The summed E-state index contributed by atoms with van der Waals surface area (Å²) in [5.41, 5.74) is 1.68. The van der Waals surface area contributed by atoms with Crippen molar-refractivity contribution in [3.05, 3.63) is 30.5 Å². The number of pyridine rings is 1. The van der Waals surface area contributed by atoms with Gasteiger partial charge in [0.05, 0.1) is 5.75 Å². The Hall–Kier alpha value is -1.82. The van der Waals surface area contributed by atoms with Gasteiger partial charge in [-0.25, -0.2) is 9.97 Å². The maximum absolute atomic E-state index is 10.8. The summed E-state index contributed by atoms with van der Waals surface area (Å²) >= 11 is 1.26. The van der Waals surface area contributed by atoms with E-state index in [0.29, 0.717) is 6.04 Å². The zero-order valence-corrected chi connectivity index (χ0v) is 11.7. The van der Waals surface area contributed by atoms with Crippen molar-refractivity contribution in [1.29, 1.82) is 0 Å². The van der Waals surface area contributed by atoms with Crippen molar-refractivity contribution in [2.24, 2.45) is 0 Å². The zero-order valence-electron chi connectivity index (χ0n) is 10.9. The first kappa shape index (κ1) is 13.2. The average Bonchev–Trinajstić information content (AvgIpc) is 2.84. The second-order valence-electron chi connectivity index (χ2n) is 4.73. The van der Waals surface area contributed by atoms with Gasteiger partial charge in [0.15, 0.2) is 10.8 Å². The Balaban J connectivity index is 2.02. The van der Waals surface area contributed by atoms with E-state index in [9.17, 15) is 4.79 Å². The van der Waals surface area contributed by atoms with Crippen LogP contribution >= 0.6 is 11.8 Å². The summed E-state index contributed by atoms with van der Waals surface area (Å²) in [6, 6.07) is 4.09. The summed E-state index contributed by atoms with van der Waals surface area (Å²) in [4.78, 5) is 19.7. The molecule has 5 nitrogen and oxygen atoms in total. The summed E-state index contributed by atoms with van der Waals surface area (Å²) < 4.78 is 2.10. The molecule has 0 aromatic carbocycles. The molecule has 0 bridgehead atoms. The van der Waals surface area contributed by atoms with Gasteiger partial charge in [-0.3, -0.25) is 4.79 Å². The molecule has 0 spiro atoms. The number of allylic oxidation sites excluding steroid dienone is 2. The van der Waals surface area contributed by atoms with E-state index in [1.54, 1.807) is 6.20 Å². The van der Waals surface area contributed by atoms with Gasteiger partial charge < -0.3 is 9.67 Å². The predicted molar refractivity (Wildman–Crippen MR) is 77.9 cm³/mol. The zero-order chi connectivity index (χ0) is 13.9. The van der Waals surface area contributed by atoms with Gasteiger partial charge in [0.2, 0.25) is 0 Å². The number of carboxylic acid groups (broad SMARTS) is 1. The fourth-order valence-electron chi connectivity index (χ4n) is 2.48. The number of nitrogens with zero attached hydrogens (tertiary/aromatic N) is 3. The summed E-state index contributed by atoms with van der Waals surface area (Å²) in [6.07, 6.45) is 9.15. The number of aromatic nitrogens is 3. The van der Waals surface area contributed by atoms with E-state index in [0.717, 1.165) is 35.6 Å². The van der Waals surface area contributed by atoms with E-state index in [4.69, 9.17) is 5.11 Å². The molecule has 2 heterocycles. The van der Waals surface area contributed by atoms with Gasteiger partial charge in [0.25, 0.3) is 0 Å². The molecule has 2 aromatic rings. The van der Waals surface area contributed by atoms with E-state index in [-0.39, 0.29) is 5.75 Å². The molecule has 0 saturated carbocycles. The van der Waals surface area contributed by atoms with Gasteiger partial charge in [-0.15, -0.1) is 0 Å². The SMILES string of the molecule is O=C(O)CSc1nc2cccnc2n1C1CC=CCC1. The molecule has 1 atom stereocenters. The molecule has 1 unspecified atom stereocenters. The van der Waals surface area contributed by atoms with Crippen LogP contribution in [0.15, 0.2) is 35.6 Å². The predicted octanol–water partition coefficient (Wildman–Crippen LogP) is 2.89. The molecule has 1 N–H and O–H groups in total. The smallest absolute Gasteiger partial charge is 0.313 e. The maximum Gasteiger partial charge on any atom is 0.313 e. The Bertz CT molecular complexity index is 665. The molecule has 20 heavy (non-hydrogen) atoms. The molecule has 0 fully saturated rings. The Morgan fingerprint density at radius 1 is 1.50 bits per heavy atom. The first-order valence-electron chi connectivity index (χ1n) is 6.58. The molecule has 3 rings (SSSR count). The number of aliphatic carboxylic acids is 1. The third-order valence-electron chi connectivity index (χ3n) is 3.35. The fourth-order valence-corrected chi connectivity index (χ4v) is 3.27. The van der Waals surface area contributed by atoms with Gasteiger partial charge in [0.1, 0.15) is 5.52 Å². The van der Waals surface area contributed by atoms with Crippen molar-refractivity contribution in [2.45, 2.75) is 30.5 Å². The molecule has 1 aliphatic rings. The first-order valence-corrected chi connectivity index (χ1v) is 7.57. The lowest BCUT2D eigenvalue weighted by molar-refractivity contribution is -0.133. The molecule has 1 aliphatic carbocycles. The maximum atomic E-state index is 10.8. The van der Waals surface area contributed by atoms with E-state index >= 15 is 0 Å². The standard InChI is InChI=1S/C14H15N3O2S/c18-12(19)9-20-14-16-11-7-4-8-15-13(11)17(14)10-5-2-1-3-6-10/h1-2,4,7-8,10H,3,5-6,9H2,(H,18,19). The minimum Gasteiger partial charge on any atom is -0.481 e. The highest BCUT2D eigenvalue weighted by Crippen LogP contribution is 2.32. The highest BCUT2D eigenvalue weighted by molar-refractivity contribution is 7.99. The van der Waals surface area contributed by atoms with Crippen molar-refractivity contribution in [3.8, 4) is 0 Å². The summed E-state index contributed by atoms with van der Waals surface area (Å²) in [5, 5.41) is 9.62. The largest absolute Gasteiger partial charge is 0.481 e. The lowest BCUT2D eigenvalue weighted by atomic mass is 10.0. The van der Waals surface area contributed by atoms with Crippen LogP contribution in [0.2, 0.25) is 0 Å². The second kappa shape index (κ2) is 5.66. The van der Waals surface area contributed by atoms with Crippen LogP contribution in [0.5, 0.6) is 0 Å². The van der Waals surface area contributed by atoms with E-state index in [2.05, 4.69) is 26.7 Å². The van der Waals surface area contributed by atoms with Crippen LogP contribution < -0.4 is 0 Å². The van der Waals surface area contributed by atoms with Crippen LogP contribution in [-0.2, 0) is 4.79 Å². The number of carboxylic acids is 1. The number of hydrogen-bond donors (Lipinski definition) is 1. The van der Waals surface area contributed by atoms with Gasteiger partial charge in [-0.05, 0) is 31.4 Å². The van der Waals surface area contributed by atoms with E-state index in [1.165, 1.54) is 11.8 Å². The third-order valence-corrected chi connectivity index (χ3v) is 4.29. The number of hydrogen-bond acceptors (Lipinski definition) is 4. The van der Waals surface area contributed by atoms with Gasteiger partial charge >= 0.3 is 5.97 Å². The number of imidazole rings is 1. The van der Waals surface area contributed by atoms with Crippen LogP contribution in [0.3, 0.4) is 0 Å². The lowest BCUT2D eigenvalue weighted by Gasteiger charge is -2.21. The number of rotatable bonds is 4. The first-order chi connectivity index (χ1) is 9.75. The van der Waals surface area contributed by atoms with Crippen molar-refractivity contribution < 1.29 is 9.90 Å². The van der Waals surface area contributed by atoms with Gasteiger partial charge in [-0.1, -0.05) is 23.9 Å². The molecule has 0 saturated heterocycles. The van der Waals surface area contributed by atoms with Gasteiger partial charge in [0, 0.05) is 12.2 Å². The lowest BCUT2D eigenvalue weighted by Crippen LogP contribution is -2.12. The molecule has 104 valence electrons. The van der Waals surface area contributed by atoms with Crippen LogP contribution in [0.25, 0.3) is 11.2 Å². The quantitative estimate of drug-likeness (QED) is 0.692. The molecule has 0 radical (unpaired) electrons. The fraction of sp³-hybridized carbons (Fsp3) is 0.357. The monoisotopic (exact) mass is 289 g/mol. The average molecular weight is 289 g/mol. The summed E-state index contributed by atoms with van der Waals surface area (Å²) in [6.45, 7) is 0. The molecular weight excluding hydrogens is 274 g/mol. The van der Waals surface area contributed by atoms with Crippen LogP contribution in [0.4, 0.5) is 0 Å². The molecule has 6 heteroatoms. The van der Waals surface area contributed by atoms with Crippen LogP contribution in [0, 0.1) is 0 Å². The van der Waals surface area contributed by atoms with Crippen molar-refractivity contribution in [3.63, 3.8) is 0 Å². The van der Waals surface area contributed by atoms with Crippen LogP contribution in [0.1, 0.15) is 25.3 Å².